The number of morpholine rings is 1. The molecule has 0 spiro atoms. The minimum absolute atomic E-state index is 0.0371. The van der Waals surface area contributed by atoms with Gasteiger partial charge in [-0.2, -0.15) is 0 Å². The van der Waals surface area contributed by atoms with Crippen LogP contribution in [0.2, 0.25) is 0 Å². The molecule has 0 N–H and O–H groups in total. The first-order chi connectivity index (χ1) is 12.7. The lowest BCUT2D eigenvalue weighted by Crippen LogP contribution is -2.43. The Hall–Kier alpha value is -2.99. The van der Waals surface area contributed by atoms with Crippen molar-refractivity contribution >= 4 is 23.1 Å². The lowest BCUT2D eigenvalue weighted by Gasteiger charge is -2.31. The zero-order valence-electron chi connectivity index (χ0n) is 14.0. The van der Waals surface area contributed by atoms with Gasteiger partial charge in [0.15, 0.2) is 0 Å². The molecule has 2 aromatic carbocycles. The van der Waals surface area contributed by atoms with E-state index in [1.807, 2.05) is 4.90 Å². The van der Waals surface area contributed by atoms with Gasteiger partial charge in [-0.25, -0.2) is 9.29 Å². The van der Waals surface area contributed by atoms with E-state index in [9.17, 15) is 14.0 Å². The van der Waals surface area contributed by atoms with Crippen LogP contribution < -0.4 is 4.90 Å². The molecule has 26 heavy (non-hydrogen) atoms. The Balaban J connectivity index is 1.84. The maximum atomic E-state index is 14.3. The van der Waals surface area contributed by atoms with Crippen LogP contribution in [0.15, 0.2) is 54.7 Å². The van der Waals surface area contributed by atoms with Gasteiger partial charge >= 0.3 is 0 Å². The summed E-state index contributed by atoms with van der Waals surface area (Å²) in [6.45, 7) is 2.48. The maximum absolute atomic E-state index is 14.3. The number of nitrogens with zero attached hydrogens (tertiary/aromatic N) is 2. The summed E-state index contributed by atoms with van der Waals surface area (Å²) >= 11 is 0. The number of imide groups is 1. The molecule has 1 saturated heterocycles. The monoisotopic (exact) mass is 352 g/mol. The number of hydrogen-bond acceptors (Lipinski definition) is 4. The van der Waals surface area contributed by atoms with E-state index in [-0.39, 0.29) is 5.69 Å². The summed E-state index contributed by atoms with van der Waals surface area (Å²) in [7, 11) is 0. The number of carbonyl (C=O) groups is 2. The third kappa shape index (κ3) is 2.78. The number of hydrogen-bond donors (Lipinski definition) is 0. The summed E-state index contributed by atoms with van der Waals surface area (Å²) in [5, 5.41) is 0. The van der Waals surface area contributed by atoms with Gasteiger partial charge < -0.3 is 9.64 Å². The minimum Gasteiger partial charge on any atom is -0.378 e. The van der Waals surface area contributed by atoms with E-state index in [4.69, 9.17) is 4.74 Å². The molecule has 0 saturated carbocycles. The van der Waals surface area contributed by atoms with Gasteiger partial charge in [-0.05, 0) is 18.2 Å². The normalized spacial score (nSPS) is 19.0. The maximum Gasteiger partial charge on any atom is 0.267 e. The molecule has 0 aliphatic carbocycles. The summed E-state index contributed by atoms with van der Waals surface area (Å²) in [6.07, 6.45) is 1.75. The highest BCUT2D eigenvalue weighted by atomic mass is 19.1. The van der Waals surface area contributed by atoms with Gasteiger partial charge in [0, 0.05) is 30.4 Å². The van der Waals surface area contributed by atoms with Crippen LogP contribution in [0.5, 0.6) is 0 Å². The molecular weight excluding hydrogens is 335 g/mol. The quantitative estimate of drug-likeness (QED) is 0.616. The molecule has 0 radical (unpaired) electrons. The molecule has 1 fully saturated rings. The van der Waals surface area contributed by atoms with Crippen molar-refractivity contribution in [3.8, 4) is 0 Å². The van der Waals surface area contributed by atoms with Crippen molar-refractivity contribution in [1.29, 1.82) is 0 Å². The van der Waals surface area contributed by atoms with Crippen molar-refractivity contribution < 1.29 is 18.7 Å². The van der Waals surface area contributed by atoms with Crippen molar-refractivity contribution in [3.05, 3.63) is 71.7 Å². The van der Waals surface area contributed by atoms with Crippen LogP contribution in [-0.2, 0) is 9.53 Å². The first-order valence-electron chi connectivity index (χ1n) is 8.43. The van der Waals surface area contributed by atoms with E-state index in [1.54, 1.807) is 36.5 Å². The largest absolute Gasteiger partial charge is 0.378 e. The number of benzene rings is 2. The van der Waals surface area contributed by atoms with Gasteiger partial charge in [-0.15, -0.1) is 0 Å². The van der Waals surface area contributed by atoms with E-state index in [2.05, 4.69) is 0 Å². The Morgan fingerprint density at radius 2 is 1.54 bits per heavy atom. The summed E-state index contributed by atoms with van der Waals surface area (Å²) < 4.78 is 19.6. The lowest BCUT2D eigenvalue weighted by molar-refractivity contribution is -0.113. The van der Waals surface area contributed by atoms with Crippen LogP contribution in [0.25, 0.3) is 5.57 Å². The molecule has 2 aliphatic heterocycles. The standard InChI is InChI=1S/C20H17FN2O3/c21-17-7-3-4-8-18(17)23-19(24)15-6-2-1-5-14(15)16(20(23)25)13-22-9-11-26-12-10-22/h1-8,13H,9-12H2. The number of ether oxygens (including phenoxy) is 1. The Morgan fingerprint density at radius 3 is 2.27 bits per heavy atom. The van der Waals surface area contributed by atoms with E-state index in [0.717, 1.165) is 4.90 Å². The number of halogens is 1. The number of carbonyl (C=O) groups excluding carboxylic acids is 2. The second-order valence-electron chi connectivity index (χ2n) is 6.13. The van der Waals surface area contributed by atoms with Crippen molar-refractivity contribution in [3.63, 3.8) is 0 Å². The average Bonchev–Trinajstić information content (AvgIpc) is 2.67. The van der Waals surface area contributed by atoms with Crippen molar-refractivity contribution in [2.75, 3.05) is 31.2 Å². The lowest BCUT2D eigenvalue weighted by atomic mass is 9.93. The molecule has 2 aliphatic rings. The fraction of sp³-hybridized carbons (Fsp3) is 0.200. The van der Waals surface area contributed by atoms with Crippen molar-refractivity contribution in [2.24, 2.45) is 0 Å². The van der Waals surface area contributed by atoms with E-state index < -0.39 is 17.6 Å². The van der Waals surface area contributed by atoms with Crippen molar-refractivity contribution in [1.82, 2.24) is 4.90 Å². The summed E-state index contributed by atoms with van der Waals surface area (Å²) in [6, 6.07) is 12.7. The van der Waals surface area contributed by atoms with Gasteiger partial charge in [-0.1, -0.05) is 30.3 Å². The zero-order chi connectivity index (χ0) is 18.1. The van der Waals surface area contributed by atoms with E-state index in [0.29, 0.717) is 43.0 Å². The van der Waals surface area contributed by atoms with E-state index >= 15 is 0 Å². The Morgan fingerprint density at radius 1 is 0.885 bits per heavy atom. The SMILES string of the molecule is O=C1C(=CN2CCOCC2)c2ccccc2C(=O)N1c1ccccc1F. The molecule has 4 rings (SSSR count). The second-order valence-corrected chi connectivity index (χ2v) is 6.13. The van der Waals surface area contributed by atoms with Crippen LogP contribution in [-0.4, -0.2) is 43.0 Å². The number of para-hydroxylation sites is 1. The highest BCUT2D eigenvalue weighted by Gasteiger charge is 2.37. The summed E-state index contributed by atoms with van der Waals surface area (Å²) in [5.74, 6) is -1.65. The third-order valence-electron chi connectivity index (χ3n) is 4.53. The summed E-state index contributed by atoms with van der Waals surface area (Å²) in [4.78, 5) is 28.9. The fourth-order valence-electron chi connectivity index (χ4n) is 3.22. The third-order valence-corrected chi connectivity index (χ3v) is 4.53. The molecule has 0 bridgehead atoms. The van der Waals surface area contributed by atoms with Crippen molar-refractivity contribution in [2.45, 2.75) is 0 Å². The molecule has 6 heteroatoms. The molecular formula is C20H17FN2O3. The Labute approximate surface area is 150 Å². The molecule has 2 heterocycles. The zero-order valence-corrected chi connectivity index (χ0v) is 14.0. The minimum atomic E-state index is -0.612. The predicted octanol–water partition coefficient (Wildman–Crippen LogP) is 2.69. The molecule has 2 amide bonds. The first-order valence-corrected chi connectivity index (χ1v) is 8.43. The van der Waals surface area contributed by atoms with Gasteiger partial charge in [0.25, 0.3) is 11.8 Å². The molecule has 0 atom stereocenters. The van der Waals surface area contributed by atoms with Crippen LogP contribution in [0.3, 0.4) is 0 Å². The first kappa shape index (κ1) is 16.5. The predicted molar refractivity (Wildman–Crippen MR) is 95.0 cm³/mol. The highest BCUT2D eigenvalue weighted by Crippen LogP contribution is 2.33. The number of rotatable bonds is 2. The van der Waals surface area contributed by atoms with Gasteiger partial charge in [0.1, 0.15) is 5.82 Å². The number of amides is 2. The van der Waals surface area contributed by atoms with Crippen LogP contribution in [0.4, 0.5) is 10.1 Å². The average molecular weight is 352 g/mol. The van der Waals surface area contributed by atoms with Crippen LogP contribution in [0.1, 0.15) is 15.9 Å². The molecule has 132 valence electrons. The summed E-state index contributed by atoms with van der Waals surface area (Å²) in [5.41, 5.74) is 1.30. The van der Waals surface area contributed by atoms with Gasteiger partial charge in [0.05, 0.1) is 24.5 Å². The van der Waals surface area contributed by atoms with E-state index in [1.165, 1.54) is 18.2 Å². The second kappa shape index (κ2) is 6.72. The fourth-order valence-corrected chi connectivity index (χ4v) is 3.22. The highest BCUT2D eigenvalue weighted by molar-refractivity contribution is 6.41. The number of anilines is 1. The van der Waals surface area contributed by atoms with Gasteiger partial charge in [-0.3, -0.25) is 9.59 Å². The molecule has 5 nitrogen and oxygen atoms in total. The molecule has 0 unspecified atom stereocenters. The van der Waals surface area contributed by atoms with Crippen LogP contribution in [0, 0.1) is 5.82 Å². The molecule has 2 aromatic rings. The van der Waals surface area contributed by atoms with Crippen LogP contribution >= 0.6 is 0 Å². The van der Waals surface area contributed by atoms with Gasteiger partial charge in [0.2, 0.25) is 0 Å². The Bertz CT molecular complexity index is 903. The topological polar surface area (TPSA) is 49.9 Å². The smallest absolute Gasteiger partial charge is 0.267 e. The molecule has 0 aromatic heterocycles. The number of fused-ring (bicyclic) bond motifs is 1. The Kier molecular flexibility index (Phi) is 4.26.